The maximum absolute atomic E-state index is 2.46. The molecule has 0 unspecified atom stereocenters. The first kappa shape index (κ1) is 22.8. The van der Waals surface area contributed by atoms with Crippen LogP contribution in [0.25, 0.3) is 76.5 Å². The molecule has 1 aliphatic carbocycles. The van der Waals surface area contributed by atoms with Gasteiger partial charge in [-0.3, -0.25) is 0 Å². The Hall–Kier alpha value is -4.94. The molecule has 0 amide bonds. The van der Waals surface area contributed by atoms with Crippen LogP contribution in [0.2, 0.25) is 0 Å². The number of benzene rings is 8. The van der Waals surface area contributed by atoms with E-state index in [9.17, 15) is 0 Å². The second-order valence-electron chi connectivity index (χ2n) is 12.1. The summed E-state index contributed by atoms with van der Waals surface area (Å²) in [5.41, 5.74) is 10.7. The van der Waals surface area contributed by atoms with E-state index in [1.54, 1.807) is 0 Å². The van der Waals surface area contributed by atoms with Gasteiger partial charge in [0, 0.05) is 5.41 Å². The van der Waals surface area contributed by atoms with Crippen molar-refractivity contribution in [1.82, 2.24) is 0 Å². The number of hydrogen-bond donors (Lipinski definition) is 0. The number of hydrogen-bond acceptors (Lipinski definition) is 0. The summed E-state index contributed by atoms with van der Waals surface area (Å²) in [6, 6.07) is 49.8. The molecule has 0 N–H and O–H groups in total. The average Bonchev–Trinajstić information content (AvgIpc) is 3.26. The predicted molar refractivity (Wildman–Crippen MR) is 176 cm³/mol. The van der Waals surface area contributed by atoms with Crippen LogP contribution in [-0.4, -0.2) is 0 Å². The summed E-state index contributed by atoms with van der Waals surface area (Å²) in [5.74, 6) is 0. The Bertz CT molecular complexity index is 2320. The average molecular weight is 521 g/mol. The monoisotopic (exact) mass is 520 g/mol. The van der Waals surface area contributed by atoms with Gasteiger partial charge in [0.05, 0.1) is 0 Å². The highest BCUT2D eigenvalue weighted by Gasteiger charge is 2.36. The van der Waals surface area contributed by atoms with Crippen LogP contribution >= 0.6 is 0 Å². The summed E-state index contributed by atoms with van der Waals surface area (Å²) in [6.07, 6.45) is 0. The van der Waals surface area contributed by atoms with Gasteiger partial charge < -0.3 is 0 Å². The fourth-order valence-electron chi connectivity index (χ4n) is 7.60. The second-order valence-corrected chi connectivity index (χ2v) is 12.1. The number of rotatable bonds is 2. The fourth-order valence-corrected chi connectivity index (χ4v) is 7.60. The van der Waals surface area contributed by atoms with Crippen LogP contribution in [0, 0.1) is 0 Å². The minimum Gasteiger partial charge on any atom is -0.0622 e. The topological polar surface area (TPSA) is 0 Å². The second kappa shape index (κ2) is 8.05. The van der Waals surface area contributed by atoms with Gasteiger partial charge in [-0.15, -0.1) is 0 Å². The molecule has 9 rings (SSSR count). The van der Waals surface area contributed by atoms with Crippen LogP contribution in [0.5, 0.6) is 0 Å². The van der Waals surface area contributed by atoms with Crippen molar-refractivity contribution in [2.45, 2.75) is 19.3 Å². The van der Waals surface area contributed by atoms with Gasteiger partial charge in [0.1, 0.15) is 0 Å². The van der Waals surface area contributed by atoms with Crippen LogP contribution < -0.4 is 0 Å². The molecular formula is C41H28. The lowest BCUT2D eigenvalue weighted by molar-refractivity contribution is 0.661. The zero-order chi connectivity index (χ0) is 27.3. The Kier molecular flexibility index (Phi) is 4.49. The van der Waals surface area contributed by atoms with Gasteiger partial charge >= 0.3 is 0 Å². The van der Waals surface area contributed by atoms with Crippen LogP contribution in [0.15, 0.2) is 133 Å². The maximum Gasteiger partial charge on any atom is 0.0159 e. The van der Waals surface area contributed by atoms with Gasteiger partial charge in [0.25, 0.3) is 0 Å². The SMILES string of the molecule is CC1(C)c2cc(-c3ccc4ccc5c(-c6ccccc6)ccc6ccc3c4c65)ccc2-c2c1ccc1ccccc21. The molecule has 41 heavy (non-hydrogen) atoms. The third-order valence-corrected chi connectivity index (χ3v) is 9.63. The highest BCUT2D eigenvalue weighted by Crippen LogP contribution is 2.52. The van der Waals surface area contributed by atoms with Crippen molar-refractivity contribution in [1.29, 1.82) is 0 Å². The molecule has 8 aromatic carbocycles. The highest BCUT2D eigenvalue weighted by atomic mass is 14.4. The molecule has 0 bridgehead atoms. The predicted octanol–water partition coefficient (Wildman–Crippen LogP) is 11.4. The van der Waals surface area contributed by atoms with Crippen molar-refractivity contribution in [3.8, 4) is 33.4 Å². The minimum absolute atomic E-state index is 0.0565. The quantitative estimate of drug-likeness (QED) is 0.199. The highest BCUT2D eigenvalue weighted by molar-refractivity contribution is 6.27. The zero-order valence-corrected chi connectivity index (χ0v) is 23.2. The molecule has 8 aromatic rings. The van der Waals surface area contributed by atoms with E-state index in [2.05, 4.69) is 147 Å². The zero-order valence-electron chi connectivity index (χ0n) is 23.2. The molecule has 0 atom stereocenters. The van der Waals surface area contributed by atoms with Crippen molar-refractivity contribution in [2.24, 2.45) is 0 Å². The first-order valence-corrected chi connectivity index (χ1v) is 14.5. The van der Waals surface area contributed by atoms with Crippen LogP contribution in [0.3, 0.4) is 0 Å². The van der Waals surface area contributed by atoms with E-state index >= 15 is 0 Å². The van der Waals surface area contributed by atoms with E-state index in [1.165, 1.54) is 87.6 Å². The Labute approximate surface area is 239 Å². The smallest absolute Gasteiger partial charge is 0.0159 e. The summed E-state index contributed by atoms with van der Waals surface area (Å²) in [6.45, 7) is 4.76. The normalized spacial score (nSPS) is 13.8. The van der Waals surface area contributed by atoms with Gasteiger partial charge in [-0.2, -0.15) is 0 Å². The van der Waals surface area contributed by atoms with Crippen molar-refractivity contribution >= 4 is 43.1 Å². The molecule has 0 aliphatic heterocycles. The van der Waals surface area contributed by atoms with Gasteiger partial charge in [-0.25, -0.2) is 0 Å². The molecule has 192 valence electrons. The summed E-state index contributed by atoms with van der Waals surface area (Å²) in [4.78, 5) is 0. The van der Waals surface area contributed by atoms with Gasteiger partial charge in [0.2, 0.25) is 0 Å². The van der Waals surface area contributed by atoms with E-state index in [1.807, 2.05) is 0 Å². The molecular weight excluding hydrogens is 492 g/mol. The molecule has 0 aromatic heterocycles. The summed E-state index contributed by atoms with van der Waals surface area (Å²) >= 11 is 0. The molecule has 0 nitrogen and oxygen atoms in total. The Morgan fingerprint density at radius 3 is 1.71 bits per heavy atom. The van der Waals surface area contributed by atoms with E-state index in [0.717, 1.165) is 0 Å². The molecule has 0 heterocycles. The summed E-state index contributed by atoms with van der Waals surface area (Å²) in [7, 11) is 0. The van der Waals surface area contributed by atoms with Gasteiger partial charge in [0.15, 0.2) is 0 Å². The third-order valence-electron chi connectivity index (χ3n) is 9.63. The molecule has 0 radical (unpaired) electrons. The van der Waals surface area contributed by atoms with E-state index in [4.69, 9.17) is 0 Å². The van der Waals surface area contributed by atoms with Crippen molar-refractivity contribution in [3.05, 3.63) is 145 Å². The van der Waals surface area contributed by atoms with Gasteiger partial charge in [-0.05, 0) is 93.7 Å². The molecule has 0 saturated heterocycles. The Morgan fingerprint density at radius 2 is 0.976 bits per heavy atom. The standard InChI is InChI=1S/C41H28/c1-41(2)36-23-17-26-10-6-7-11-32(26)40(36)35-22-16-29(24-37(35)41)31-19-13-28-14-20-33-30(25-8-4-3-5-9-25)18-12-27-15-21-34(31)39(28)38(27)33/h3-24H,1-2H3. The van der Waals surface area contributed by atoms with Gasteiger partial charge in [-0.1, -0.05) is 141 Å². The summed E-state index contributed by atoms with van der Waals surface area (Å²) in [5, 5.41) is 10.6. The number of fused-ring (bicyclic) bond motifs is 5. The first-order chi connectivity index (χ1) is 20.1. The lowest BCUT2D eigenvalue weighted by Gasteiger charge is -2.22. The van der Waals surface area contributed by atoms with E-state index in [-0.39, 0.29) is 5.41 Å². The molecule has 1 aliphatic rings. The Balaban J connectivity index is 1.29. The van der Waals surface area contributed by atoms with E-state index in [0.29, 0.717) is 0 Å². The molecule has 0 heteroatoms. The van der Waals surface area contributed by atoms with E-state index < -0.39 is 0 Å². The largest absolute Gasteiger partial charge is 0.0622 e. The third kappa shape index (κ3) is 3.05. The lowest BCUT2D eigenvalue weighted by atomic mass is 9.81. The Morgan fingerprint density at radius 1 is 0.390 bits per heavy atom. The molecule has 0 spiro atoms. The fraction of sp³-hybridized carbons (Fsp3) is 0.0732. The van der Waals surface area contributed by atoms with Crippen LogP contribution in [0.4, 0.5) is 0 Å². The van der Waals surface area contributed by atoms with Crippen molar-refractivity contribution < 1.29 is 0 Å². The van der Waals surface area contributed by atoms with Crippen LogP contribution in [0.1, 0.15) is 25.0 Å². The first-order valence-electron chi connectivity index (χ1n) is 14.5. The molecule has 0 fully saturated rings. The maximum atomic E-state index is 2.46. The van der Waals surface area contributed by atoms with Crippen LogP contribution in [-0.2, 0) is 5.41 Å². The lowest BCUT2D eigenvalue weighted by Crippen LogP contribution is -2.15. The summed E-state index contributed by atoms with van der Waals surface area (Å²) < 4.78 is 0. The molecule has 0 saturated carbocycles. The van der Waals surface area contributed by atoms with Crippen molar-refractivity contribution in [2.75, 3.05) is 0 Å². The van der Waals surface area contributed by atoms with Crippen molar-refractivity contribution in [3.63, 3.8) is 0 Å². The minimum atomic E-state index is -0.0565.